The van der Waals surface area contributed by atoms with E-state index in [0.29, 0.717) is 47.9 Å². The highest BCUT2D eigenvalue weighted by Gasteiger charge is 2.21. The van der Waals surface area contributed by atoms with Crippen LogP contribution in [0.3, 0.4) is 0 Å². The zero-order valence-corrected chi connectivity index (χ0v) is 21.4. The molecule has 0 atom stereocenters. The molecular weight excluding hydrogens is 424 g/mol. The summed E-state index contributed by atoms with van der Waals surface area (Å²) in [5.74, 6) is -0.187. The molecule has 0 spiro atoms. The van der Waals surface area contributed by atoms with Gasteiger partial charge in [0.2, 0.25) is 0 Å². The molecule has 0 aromatic carbocycles. The van der Waals surface area contributed by atoms with Crippen LogP contribution in [0.4, 0.5) is 0 Å². The minimum absolute atomic E-state index is 0.148. The fraction of sp³-hybridized carbons (Fsp3) is 0.444. The molecule has 1 amide bonds. The van der Waals surface area contributed by atoms with Crippen LogP contribution in [0.5, 0.6) is 0 Å². The maximum atomic E-state index is 13.0. The molecule has 34 heavy (non-hydrogen) atoms. The summed E-state index contributed by atoms with van der Waals surface area (Å²) < 4.78 is 0. The number of amides is 1. The Labute approximate surface area is 205 Å². The minimum atomic E-state index is -0.187. The van der Waals surface area contributed by atoms with Crippen molar-refractivity contribution in [1.29, 1.82) is 10.7 Å². The van der Waals surface area contributed by atoms with Crippen LogP contribution in [0.2, 0.25) is 0 Å². The van der Waals surface area contributed by atoms with Crippen LogP contribution in [0.25, 0.3) is 0 Å². The number of rotatable bonds is 13. The molecule has 0 radical (unpaired) electrons. The van der Waals surface area contributed by atoms with Gasteiger partial charge in [-0.3, -0.25) is 10.2 Å². The molecule has 0 unspecified atom stereocenters. The van der Waals surface area contributed by atoms with Crippen LogP contribution < -0.4 is 11.1 Å². The second-order valence-electron chi connectivity index (χ2n) is 8.15. The number of hydrogen-bond acceptors (Lipinski definition) is 6. The van der Waals surface area contributed by atoms with E-state index in [1.807, 2.05) is 33.8 Å². The highest BCUT2D eigenvalue weighted by atomic mass is 16.2. The van der Waals surface area contributed by atoms with Crippen molar-refractivity contribution in [2.24, 2.45) is 5.73 Å². The lowest BCUT2D eigenvalue weighted by Crippen LogP contribution is -2.36. The maximum absolute atomic E-state index is 13.0. The van der Waals surface area contributed by atoms with Gasteiger partial charge in [0.25, 0.3) is 5.91 Å². The Morgan fingerprint density at radius 2 is 1.97 bits per heavy atom. The summed E-state index contributed by atoms with van der Waals surface area (Å²) >= 11 is 0. The van der Waals surface area contributed by atoms with E-state index in [4.69, 9.17) is 11.1 Å². The third-order valence-corrected chi connectivity index (χ3v) is 5.40. The van der Waals surface area contributed by atoms with Gasteiger partial charge in [-0.05, 0) is 56.9 Å². The summed E-state index contributed by atoms with van der Waals surface area (Å²) in [7, 11) is 0. The van der Waals surface area contributed by atoms with Gasteiger partial charge in [-0.25, -0.2) is 0 Å². The van der Waals surface area contributed by atoms with Gasteiger partial charge in [0, 0.05) is 37.2 Å². The molecule has 1 heterocycles. The third kappa shape index (κ3) is 7.80. The Morgan fingerprint density at radius 1 is 1.26 bits per heavy atom. The monoisotopic (exact) mass is 464 g/mol. The molecule has 0 saturated heterocycles. The number of carbonyl (C=O) groups is 1. The number of hydrogen-bond donors (Lipinski definition) is 3. The van der Waals surface area contributed by atoms with E-state index in [2.05, 4.69) is 24.9 Å². The van der Waals surface area contributed by atoms with Crippen molar-refractivity contribution < 1.29 is 4.79 Å². The zero-order valence-electron chi connectivity index (χ0n) is 21.4. The molecule has 4 N–H and O–H groups in total. The molecular formula is C27H40N6O. The molecule has 184 valence electrons. The fourth-order valence-electron chi connectivity index (χ4n) is 3.44. The lowest BCUT2D eigenvalue weighted by molar-refractivity contribution is -0.127. The Kier molecular flexibility index (Phi) is 12.2. The smallest absolute Gasteiger partial charge is 0.269 e. The standard InChI is InChI=1S/C27H40N6O/c1-7-11-16-32(15-9-3)27(34)23(29)17-24(31-14-8-2)21(6)26(30)25(10-4)33-19-22(18-28)13-12-20(33)5/h10,12-13,17,19,30-31H,5,7-9,11,14-16,29H2,1-4,6H3/b23-17-,24-21-,25-10-,30-26?. The van der Waals surface area contributed by atoms with Gasteiger partial charge >= 0.3 is 0 Å². The van der Waals surface area contributed by atoms with Gasteiger partial charge < -0.3 is 20.9 Å². The number of nitriles is 1. The first-order valence-corrected chi connectivity index (χ1v) is 12.0. The SMILES string of the molecule is C=C1C=CC(C#N)=CN1/C(=C\C)C(=N)/C(C)=C(/C=C(\N)C(=O)N(CCC)CCCC)NCCC. The molecule has 0 aromatic rings. The third-order valence-electron chi connectivity index (χ3n) is 5.40. The number of allylic oxidation sites excluding steroid dienone is 6. The predicted molar refractivity (Wildman–Crippen MR) is 140 cm³/mol. The van der Waals surface area contributed by atoms with Crippen molar-refractivity contribution in [3.8, 4) is 6.07 Å². The van der Waals surface area contributed by atoms with Gasteiger partial charge in [0.15, 0.2) is 0 Å². The lowest BCUT2D eigenvalue weighted by Gasteiger charge is -2.28. The topological polar surface area (TPSA) is 109 Å². The summed E-state index contributed by atoms with van der Waals surface area (Å²) in [5.41, 5.74) is 9.66. The first kappa shape index (κ1) is 28.5. The Balaban J connectivity index is 3.37. The lowest BCUT2D eigenvalue weighted by atomic mass is 10.0. The Morgan fingerprint density at radius 3 is 2.53 bits per heavy atom. The van der Waals surface area contributed by atoms with Crippen LogP contribution in [0.1, 0.15) is 60.3 Å². The highest BCUT2D eigenvalue weighted by Crippen LogP contribution is 2.24. The molecule has 1 aliphatic rings. The van der Waals surface area contributed by atoms with Crippen molar-refractivity contribution in [3.63, 3.8) is 0 Å². The van der Waals surface area contributed by atoms with Gasteiger partial charge in [0.1, 0.15) is 6.07 Å². The van der Waals surface area contributed by atoms with Gasteiger partial charge in [-0.1, -0.05) is 39.8 Å². The van der Waals surface area contributed by atoms with E-state index in [-0.39, 0.29) is 17.3 Å². The van der Waals surface area contributed by atoms with Crippen molar-refractivity contribution in [2.75, 3.05) is 19.6 Å². The highest BCUT2D eigenvalue weighted by molar-refractivity contribution is 6.10. The maximum Gasteiger partial charge on any atom is 0.269 e. The number of nitrogens with one attached hydrogen (secondary N) is 2. The molecule has 7 heteroatoms. The molecule has 1 rings (SSSR count). The van der Waals surface area contributed by atoms with E-state index >= 15 is 0 Å². The average molecular weight is 465 g/mol. The van der Waals surface area contributed by atoms with Gasteiger partial charge in [0.05, 0.1) is 22.7 Å². The molecule has 1 aliphatic heterocycles. The number of unbranched alkanes of at least 4 members (excludes halogenated alkanes) is 1. The van der Waals surface area contributed by atoms with Crippen molar-refractivity contribution >= 4 is 11.6 Å². The van der Waals surface area contributed by atoms with E-state index in [0.717, 1.165) is 25.7 Å². The average Bonchev–Trinajstić information content (AvgIpc) is 2.84. The quantitative estimate of drug-likeness (QED) is 0.205. The van der Waals surface area contributed by atoms with Gasteiger partial charge in [-0.2, -0.15) is 5.26 Å². The molecule has 0 aliphatic carbocycles. The van der Waals surface area contributed by atoms with Crippen molar-refractivity contribution in [2.45, 2.75) is 60.3 Å². The summed E-state index contributed by atoms with van der Waals surface area (Å²) in [5, 5.41) is 21.5. The van der Waals surface area contributed by atoms with E-state index in [1.165, 1.54) is 0 Å². The van der Waals surface area contributed by atoms with Gasteiger partial charge in [-0.15, -0.1) is 0 Å². The predicted octanol–water partition coefficient (Wildman–Crippen LogP) is 4.86. The largest absolute Gasteiger partial charge is 0.394 e. The Bertz CT molecular complexity index is 958. The van der Waals surface area contributed by atoms with Crippen LogP contribution in [-0.4, -0.2) is 41.1 Å². The molecule has 0 bridgehead atoms. The second-order valence-corrected chi connectivity index (χ2v) is 8.15. The summed E-state index contributed by atoms with van der Waals surface area (Å²) in [6, 6.07) is 2.13. The molecule has 0 fully saturated rings. The molecule has 0 saturated carbocycles. The first-order chi connectivity index (χ1) is 16.2. The van der Waals surface area contributed by atoms with Crippen LogP contribution in [0.15, 0.2) is 71.0 Å². The van der Waals surface area contributed by atoms with E-state index in [1.54, 1.807) is 34.2 Å². The van der Waals surface area contributed by atoms with Crippen molar-refractivity contribution in [1.82, 2.24) is 15.1 Å². The molecule has 0 aromatic heterocycles. The fourth-order valence-corrected chi connectivity index (χ4v) is 3.44. The second kappa shape index (κ2) is 14.6. The summed E-state index contributed by atoms with van der Waals surface area (Å²) in [6.45, 7) is 15.9. The van der Waals surface area contributed by atoms with Crippen LogP contribution in [-0.2, 0) is 4.79 Å². The normalized spacial score (nSPS) is 14.9. The van der Waals surface area contributed by atoms with Crippen molar-refractivity contribution in [3.05, 3.63) is 71.0 Å². The first-order valence-electron chi connectivity index (χ1n) is 12.0. The minimum Gasteiger partial charge on any atom is -0.394 e. The number of nitrogens with zero attached hydrogens (tertiary/aromatic N) is 3. The zero-order chi connectivity index (χ0) is 25.7. The Hall–Kier alpha value is -3.53. The van der Waals surface area contributed by atoms with Crippen LogP contribution >= 0.6 is 0 Å². The molecule has 7 nitrogen and oxygen atoms in total. The number of carbonyl (C=O) groups excluding carboxylic acids is 1. The van der Waals surface area contributed by atoms with E-state index < -0.39 is 0 Å². The summed E-state index contributed by atoms with van der Waals surface area (Å²) in [6.07, 6.45) is 12.2. The van der Waals surface area contributed by atoms with E-state index in [9.17, 15) is 10.1 Å². The van der Waals surface area contributed by atoms with Crippen LogP contribution in [0, 0.1) is 16.7 Å². The number of nitrogens with two attached hydrogens (primary N) is 1. The summed E-state index contributed by atoms with van der Waals surface area (Å²) in [4.78, 5) is 16.6.